The van der Waals surface area contributed by atoms with Crippen molar-refractivity contribution in [3.63, 3.8) is 0 Å². The van der Waals surface area contributed by atoms with Crippen LogP contribution < -0.4 is 4.74 Å². The van der Waals surface area contributed by atoms with Gasteiger partial charge in [0.15, 0.2) is 5.82 Å². The smallest absolute Gasteiger partial charge is 0.199 e. The molecular formula is C7H7N5O. The molecule has 0 saturated carbocycles. The van der Waals surface area contributed by atoms with Gasteiger partial charge in [0.1, 0.15) is 5.75 Å². The number of methoxy groups -OCH3 is 1. The van der Waals surface area contributed by atoms with E-state index in [2.05, 4.69) is 20.4 Å². The predicted molar refractivity (Wildman–Crippen MR) is 43.5 cm³/mol. The zero-order valence-corrected chi connectivity index (χ0v) is 6.95. The van der Waals surface area contributed by atoms with E-state index in [1.807, 2.05) is 0 Å². The van der Waals surface area contributed by atoms with Crippen molar-refractivity contribution in [2.24, 2.45) is 0 Å². The Kier molecular flexibility index (Phi) is 1.87. The summed E-state index contributed by atoms with van der Waals surface area (Å²) in [6.45, 7) is 0. The van der Waals surface area contributed by atoms with Crippen LogP contribution in [0, 0.1) is 0 Å². The van der Waals surface area contributed by atoms with Gasteiger partial charge in [0, 0.05) is 6.07 Å². The van der Waals surface area contributed by atoms with Crippen molar-refractivity contribution in [1.29, 1.82) is 0 Å². The minimum absolute atomic E-state index is 0.532. The zero-order chi connectivity index (χ0) is 9.10. The summed E-state index contributed by atoms with van der Waals surface area (Å²) in [5, 5.41) is 15.4. The van der Waals surface area contributed by atoms with Crippen LogP contribution in [0.15, 0.2) is 24.7 Å². The van der Waals surface area contributed by atoms with E-state index in [0.717, 1.165) is 0 Å². The molecule has 6 nitrogen and oxygen atoms in total. The van der Waals surface area contributed by atoms with Gasteiger partial charge < -0.3 is 4.74 Å². The van der Waals surface area contributed by atoms with E-state index in [0.29, 0.717) is 11.6 Å². The number of nitrogens with zero attached hydrogens (tertiary/aromatic N) is 5. The maximum Gasteiger partial charge on any atom is 0.199 e. The van der Waals surface area contributed by atoms with Crippen molar-refractivity contribution in [3.05, 3.63) is 24.7 Å². The molecule has 2 aromatic heterocycles. The van der Waals surface area contributed by atoms with Crippen LogP contribution in [-0.2, 0) is 0 Å². The Hall–Kier alpha value is -1.98. The zero-order valence-electron chi connectivity index (χ0n) is 6.95. The number of ether oxygens (including phenoxy) is 1. The fourth-order valence-electron chi connectivity index (χ4n) is 0.882. The van der Waals surface area contributed by atoms with Crippen LogP contribution in [0.5, 0.6) is 5.75 Å². The predicted octanol–water partition coefficient (Wildman–Crippen LogP) is 0.0659. The molecule has 0 spiro atoms. The van der Waals surface area contributed by atoms with Gasteiger partial charge in [-0.2, -0.15) is 15.3 Å². The van der Waals surface area contributed by atoms with Crippen LogP contribution in [0.1, 0.15) is 0 Å². The SMILES string of the molecule is COc1cnnc(-n2nccn2)c1. The molecule has 2 rings (SSSR count). The second-order valence-corrected chi connectivity index (χ2v) is 2.27. The lowest BCUT2D eigenvalue weighted by Gasteiger charge is -1.99. The molecule has 0 atom stereocenters. The van der Waals surface area contributed by atoms with Crippen molar-refractivity contribution >= 4 is 0 Å². The van der Waals surface area contributed by atoms with Gasteiger partial charge in [-0.25, -0.2) is 0 Å². The standard InChI is InChI=1S/C7H7N5O/c1-13-6-4-7(11-8-5-6)12-9-2-3-10-12/h2-5H,1H3. The van der Waals surface area contributed by atoms with Crippen molar-refractivity contribution in [1.82, 2.24) is 25.2 Å². The normalized spacial score (nSPS) is 9.92. The Labute approximate surface area is 74.2 Å². The average Bonchev–Trinajstić information content (AvgIpc) is 2.71. The summed E-state index contributed by atoms with van der Waals surface area (Å²) < 4.78 is 4.98. The molecule has 0 N–H and O–H groups in total. The second kappa shape index (κ2) is 3.18. The van der Waals surface area contributed by atoms with E-state index >= 15 is 0 Å². The average molecular weight is 177 g/mol. The van der Waals surface area contributed by atoms with E-state index in [9.17, 15) is 0 Å². The molecule has 2 aromatic rings. The summed E-state index contributed by atoms with van der Waals surface area (Å²) in [5.74, 6) is 1.16. The van der Waals surface area contributed by atoms with E-state index in [-0.39, 0.29) is 0 Å². The Balaban J connectivity index is 2.41. The molecule has 0 saturated heterocycles. The van der Waals surface area contributed by atoms with E-state index in [1.165, 1.54) is 11.0 Å². The summed E-state index contributed by atoms with van der Waals surface area (Å²) in [6, 6.07) is 1.70. The van der Waals surface area contributed by atoms with Crippen molar-refractivity contribution in [2.75, 3.05) is 7.11 Å². The molecule has 6 heteroatoms. The molecule has 0 aliphatic carbocycles. The first-order valence-electron chi connectivity index (χ1n) is 3.63. The number of rotatable bonds is 2. The molecular weight excluding hydrogens is 170 g/mol. The third kappa shape index (κ3) is 1.46. The third-order valence-electron chi connectivity index (χ3n) is 1.48. The van der Waals surface area contributed by atoms with Crippen LogP contribution >= 0.6 is 0 Å². The highest BCUT2D eigenvalue weighted by atomic mass is 16.5. The molecule has 0 radical (unpaired) electrons. The van der Waals surface area contributed by atoms with Gasteiger partial charge in [-0.05, 0) is 0 Å². The molecule has 0 aliphatic heterocycles. The highest BCUT2D eigenvalue weighted by molar-refractivity contribution is 5.26. The van der Waals surface area contributed by atoms with Gasteiger partial charge in [-0.3, -0.25) is 0 Å². The Morgan fingerprint density at radius 3 is 2.77 bits per heavy atom. The summed E-state index contributed by atoms with van der Waals surface area (Å²) in [4.78, 5) is 1.37. The lowest BCUT2D eigenvalue weighted by Crippen LogP contribution is -2.02. The van der Waals surface area contributed by atoms with Crippen molar-refractivity contribution in [3.8, 4) is 11.6 Å². The van der Waals surface area contributed by atoms with E-state index in [4.69, 9.17) is 4.74 Å². The first-order valence-corrected chi connectivity index (χ1v) is 3.63. The Morgan fingerprint density at radius 2 is 2.08 bits per heavy atom. The highest BCUT2D eigenvalue weighted by Crippen LogP contribution is 2.09. The molecule has 0 aliphatic rings. The number of hydrogen-bond acceptors (Lipinski definition) is 5. The topological polar surface area (TPSA) is 65.7 Å². The monoisotopic (exact) mass is 177 g/mol. The lowest BCUT2D eigenvalue weighted by atomic mass is 10.5. The molecule has 0 unspecified atom stereocenters. The number of hydrogen-bond donors (Lipinski definition) is 0. The molecule has 13 heavy (non-hydrogen) atoms. The van der Waals surface area contributed by atoms with Crippen molar-refractivity contribution < 1.29 is 4.74 Å². The molecule has 0 fully saturated rings. The van der Waals surface area contributed by atoms with Gasteiger partial charge in [0.2, 0.25) is 0 Å². The third-order valence-corrected chi connectivity index (χ3v) is 1.48. The van der Waals surface area contributed by atoms with Gasteiger partial charge in [-0.15, -0.1) is 9.90 Å². The van der Waals surface area contributed by atoms with E-state index in [1.54, 1.807) is 25.6 Å². The molecule has 0 bridgehead atoms. The van der Waals surface area contributed by atoms with Gasteiger partial charge >= 0.3 is 0 Å². The Bertz CT molecular complexity index is 386. The van der Waals surface area contributed by atoms with Gasteiger partial charge in [0.05, 0.1) is 25.7 Å². The second-order valence-electron chi connectivity index (χ2n) is 2.27. The summed E-state index contributed by atoms with van der Waals surface area (Å²) >= 11 is 0. The highest BCUT2D eigenvalue weighted by Gasteiger charge is 2.01. The fourth-order valence-corrected chi connectivity index (χ4v) is 0.882. The maximum absolute atomic E-state index is 4.98. The lowest BCUT2D eigenvalue weighted by molar-refractivity contribution is 0.410. The van der Waals surface area contributed by atoms with Gasteiger partial charge in [-0.1, -0.05) is 0 Å². The first-order chi connectivity index (χ1) is 6.40. The van der Waals surface area contributed by atoms with Crippen LogP contribution in [-0.4, -0.2) is 32.3 Å². The first kappa shape index (κ1) is 7.66. The molecule has 0 amide bonds. The fraction of sp³-hybridized carbons (Fsp3) is 0.143. The Morgan fingerprint density at radius 1 is 1.31 bits per heavy atom. The van der Waals surface area contributed by atoms with Crippen LogP contribution in [0.4, 0.5) is 0 Å². The molecule has 2 heterocycles. The summed E-state index contributed by atoms with van der Waals surface area (Å²) in [6.07, 6.45) is 4.66. The van der Waals surface area contributed by atoms with Crippen LogP contribution in [0.25, 0.3) is 5.82 Å². The minimum atomic E-state index is 0.532. The summed E-state index contributed by atoms with van der Waals surface area (Å²) in [5.41, 5.74) is 0. The van der Waals surface area contributed by atoms with Crippen LogP contribution in [0.3, 0.4) is 0 Å². The largest absolute Gasteiger partial charge is 0.495 e. The maximum atomic E-state index is 4.98. The summed E-state index contributed by atoms with van der Waals surface area (Å²) in [7, 11) is 1.57. The van der Waals surface area contributed by atoms with Gasteiger partial charge in [0.25, 0.3) is 0 Å². The molecule has 66 valence electrons. The minimum Gasteiger partial charge on any atom is -0.495 e. The number of aromatic nitrogens is 5. The quantitative estimate of drug-likeness (QED) is 0.649. The van der Waals surface area contributed by atoms with Crippen LogP contribution in [0.2, 0.25) is 0 Å². The van der Waals surface area contributed by atoms with E-state index < -0.39 is 0 Å². The molecule has 0 aromatic carbocycles. The van der Waals surface area contributed by atoms with Crippen molar-refractivity contribution in [2.45, 2.75) is 0 Å².